The number of rotatable bonds is 7. The quantitative estimate of drug-likeness (QED) is 0.526. The molecule has 2 aromatic heterocycles. The van der Waals surface area contributed by atoms with Crippen LogP contribution in [0.1, 0.15) is 27.0 Å². The Bertz CT molecular complexity index is 1090. The first-order valence-corrected chi connectivity index (χ1v) is 10.9. The third-order valence-electron chi connectivity index (χ3n) is 4.12. The highest BCUT2D eigenvalue weighted by Gasteiger charge is 2.18. The summed E-state index contributed by atoms with van der Waals surface area (Å²) in [4.78, 5) is 31.3. The van der Waals surface area contributed by atoms with Crippen molar-refractivity contribution in [2.75, 3.05) is 19.5 Å². The van der Waals surface area contributed by atoms with Gasteiger partial charge in [-0.1, -0.05) is 11.6 Å². The predicted octanol–water partition coefficient (Wildman–Crippen LogP) is 4.74. The first-order valence-electron chi connectivity index (χ1n) is 8.86. The van der Waals surface area contributed by atoms with E-state index < -0.39 is 0 Å². The number of nitrogens with one attached hydrogen (secondary N) is 2. The van der Waals surface area contributed by atoms with Crippen LogP contribution in [0.2, 0.25) is 5.02 Å². The van der Waals surface area contributed by atoms with Crippen molar-refractivity contribution in [3.8, 4) is 22.1 Å². The number of carbonyl (C=O) groups excluding carboxylic acids is 2. The average Bonchev–Trinajstić information content (AvgIpc) is 3.31. The number of nitrogens with zero attached hydrogens (tertiary/aromatic N) is 1. The second-order valence-electron chi connectivity index (χ2n) is 6.25. The number of halogens is 1. The molecule has 0 aliphatic heterocycles. The molecule has 0 fully saturated rings. The highest BCUT2D eigenvalue weighted by molar-refractivity contribution is 7.18. The number of benzene rings is 1. The average molecular weight is 466 g/mol. The first kappa shape index (κ1) is 22.1. The maximum Gasteiger partial charge on any atom is 0.257 e. The van der Waals surface area contributed by atoms with Gasteiger partial charge in [0.15, 0.2) is 16.6 Å². The van der Waals surface area contributed by atoms with E-state index in [1.165, 1.54) is 38.5 Å². The second-order valence-corrected chi connectivity index (χ2v) is 9.03. The number of aromatic nitrogens is 1. The third-order valence-corrected chi connectivity index (χ3v) is 6.38. The number of aryl methyl sites for hydroxylation is 1. The van der Waals surface area contributed by atoms with Crippen LogP contribution in [0.5, 0.6) is 11.5 Å². The van der Waals surface area contributed by atoms with Crippen LogP contribution in [0.4, 0.5) is 5.13 Å². The van der Waals surface area contributed by atoms with Gasteiger partial charge in [-0.2, -0.15) is 0 Å². The largest absolute Gasteiger partial charge is 0.493 e. The van der Waals surface area contributed by atoms with E-state index in [1.807, 2.05) is 19.1 Å². The van der Waals surface area contributed by atoms with Gasteiger partial charge in [-0.25, -0.2) is 4.98 Å². The number of methoxy groups -OCH3 is 2. The van der Waals surface area contributed by atoms with Crippen molar-refractivity contribution in [3.05, 3.63) is 44.6 Å². The minimum absolute atomic E-state index is 0.0740. The van der Waals surface area contributed by atoms with Gasteiger partial charge >= 0.3 is 0 Å². The topological polar surface area (TPSA) is 89.5 Å². The van der Waals surface area contributed by atoms with E-state index in [9.17, 15) is 9.59 Å². The molecule has 0 aliphatic carbocycles. The lowest BCUT2D eigenvalue weighted by Gasteiger charge is -2.11. The molecule has 0 aliphatic rings. The molecule has 158 valence electrons. The zero-order valence-corrected chi connectivity index (χ0v) is 19.2. The van der Waals surface area contributed by atoms with Gasteiger partial charge in [-0.3, -0.25) is 14.9 Å². The molecule has 30 heavy (non-hydrogen) atoms. The molecule has 1 aromatic carbocycles. The Balaban J connectivity index is 1.78. The third kappa shape index (κ3) is 4.92. The van der Waals surface area contributed by atoms with Gasteiger partial charge in [0.25, 0.3) is 5.91 Å². The van der Waals surface area contributed by atoms with Crippen molar-refractivity contribution in [2.24, 2.45) is 0 Å². The lowest BCUT2D eigenvalue weighted by atomic mass is 10.2. The normalized spacial score (nSPS) is 10.6. The fourth-order valence-corrected chi connectivity index (χ4v) is 4.88. The van der Waals surface area contributed by atoms with Crippen LogP contribution >= 0.6 is 34.3 Å². The summed E-state index contributed by atoms with van der Waals surface area (Å²) in [5.41, 5.74) is 1.14. The van der Waals surface area contributed by atoms with E-state index in [4.69, 9.17) is 21.1 Å². The number of hydrogen-bond acceptors (Lipinski definition) is 7. The molecule has 0 saturated carbocycles. The second kappa shape index (κ2) is 9.46. The van der Waals surface area contributed by atoms with Crippen molar-refractivity contribution in [1.82, 2.24) is 10.3 Å². The standard InChI is InChI=1S/C20H20ClN3O4S2/c1-10-17(16-6-5-13(30-16)9-22-11(2)25)23-20(29-10)24-19(26)12-7-14(21)18(28-4)15(8-12)27-3/h5-8H,9H2,1-4H3,(H,22,25)(H,23,24,26). The van der Waals surface area contributed by atoms with Gasteiger partial charge in [0.1, 0.15) is 0 Å². The highest BCUT2D eigenvalue weighted by atomic mass is 35.5. The predicted molar refractivity (Wildman–Crippen MR) is 120 cm³/mol. The van der Waals surface area contributed by atoms with Crippen LogP contribution in [-0.2, 0) is 11.3 Å². The number of amides is 2. The molecule has 2 amide bonds. The fraction of sp³-hybridized carbons (Fsp3) is 0.250. The lowest BCUT2D eigenvalue weighted by Crippen LogP contribution is -2.17. The van der Waals surface area contributed by atoms with Crippen molar-refractivity contribution in [2.45, 2.75) is 20.4 Å². The Morgan fingerprint density at radius 3 is 2.60 bits per heavy atom. The van der Waals surface area contributed by atoms with E-state index in [0.29, 0.717) is 28.7 Å². The highest BCUT2D eigenvalue weighted by Crippen LogP contribution is 2.37. The fourth-order valence-electron chi connectivity index (χ4n) is 2.71. The summed E-state index contributed by atoms with van der Waals surface area (Å²) in [7, 11) is 2.96. The molecule has 7 nitrogen and oxygen atoms in total. The molecule has 3 rings (SSSR count). The van der Waals surface area contributed by atoms with Crippen molar-refractivity contribution in [3.63, 3.8) is 0 Å². The van der Waals surface area contributed by atoms with Gasteiger partial charge in [-0.15, -0.1) is 22.7 Å². The van der Waals surface area contributed by atoms with Crippen LogP contribution in [-0.4, -0.2) is 31.0 Å². The number of hydrogen-bond donors (Lipinski definition) is 2. The number of carbonyl (C=O) groups is 2. The smallest absolute Gasteiger partial charge is 0.257 e. The van der Waals surface area contributed by atoms with E-state index in [0.717, 1.165) is 20.3 Å². The molecule has 3 aromatic rings. The van der Waals surface area contributed by atoms with Gasteiger partial charge in [-0.05, 0) is 31.2 Å². The molecule has 2 heterocycles. The molecule has 0 bridgehead atoms. The van der Waals surface area contributed by atoms with Crippen LogP contribution < -0.4 is 20.1 Å². The number of thiophene rings is 1. The lowest BCUT2D eigenvalue weighted by molar-refractivity contribution is -0.119. The molecule has 0 spiro atoms. The van der Waals surface area contributed by atoms with Crippen LogP contribution in [0.3, 0.4) is 0 Å². The van der Waals surface area contributed by atoms with Crippen molar-refractivity contribution < 1.29 is 19.1 Å². The maximum atomic E-state index is 12.7. The molecule has 0 radical (unpaired) electrons. The van der Waals surface area contributed by atoms with E-state index in [1.54, 1.807) is 17.4 Å². The summed E-state index contributed by atoms with van der Waals surface area (Å²) in [6.07, 6.45) is 0. The Kier molecular flexibility index (Phi) is 6.96. The van der Waals surface area contributed by atoms with Crippen molar-refractivity contribution in [1.29, 1.82) is 0 Å². The zero-order valence-electron chi connectivity index (χ0n) is 16.8. The number of thiazole rings is 1. The molecule has 2 N–H and O–H groups in total. The summed E-state index contributed by atoms with van der Waals surface area (Å²) < 4.78 is 10.4. The molecular formula is C20H20ClN3O4S2. The monoisotopic (exact) mass is 465 g/mol. The molecule has 0 atom stereocenters. The zero-order chi connectivity index (χ0) is 21.8. The first-order chi connectivity index (χ1) is 14.3. The van der Waals surface area contributed by atoms with Gasteiger partial charge in [0, 0.05) is 22.2 Å². The Morgan fingerprint density at radius 1 is 1.17 bits per heavy atom. The van der Waals surface area contributed by atoms with Gasteiger partial charge < -0.3 is 14.8 Å². The Hall–Kier alpha value is -2.62. The molecule has 0 saturated heterocycles. The SMILES string of the molecule is COc1cc(C(=O)Nc2nc(-c3ccc(CNC(C)=O)s3)c(C)s2)cc(Cl)c1OC. The molecular weight excluding hydrogens is 446 g/mol. The van der Waals surface area contributed by atoms with Gasteiger partial charge in [0.05, 0.1) is 36.4 Å². The van der Waals surface area contributed by atoms with Gasteiger partial charge in [0.2, 0.25) is 5.91 Å². The summed E-state index contributed by atoms with van der Waals surface area (Å²) in [6, 6.07) is 7.00. The number of ether oxygens (including phenoxy) is 2. The van der Waals surface area contributed by atoms with E-state index in [2.05, 4.69) is 15.6 Å². The summed E-state index contributed by atoms with van der Waals surface area (Å²) >= 11 is 9.13. The van der Waals surface area contributed by atoms with Crippen molar-refractivity contribution >= 4 is 51.2 Å². The Labute approximate surface area is 187 Å². The van der Waals surface area contributed by atoms with E-state index in [-0.39, 0.29) is 16.8 Å². The van der Waals surface area contributed by atoms with E-state index >= 15 is 0 Å². The minimum atomic E-state index is -0.351. The minimum Gasteiger partial charge on any atom is -0.493 e. The molecule has 10 heteroatoms. The number of anilines is 1. The summed E-state index contributed by atoms with van der Waals surface area (Å²) in [5.74, 6) is 0.318. The molecule has 0 unspecified atom stereocenters. The van der Waals surface area contributed by atoms with Crippen LogP contribution in [0, 0.1) is 6.92 Å². The summed E-state index contributed by atoms with van der Waals surface area (Å²) in [6.45, 7) is 3.91. The maximum absolute atomic E-state index is 12.7. The summed E-state index contributed by atoms with van der Waals surface area (Å²) in [5, 5.41) is 6.36. The van der Waals surface area contributed by atoms with Crippen LogP contribution in [0.25, 0.3) is 10.6 Å². The van der Waals surface area contributed by atoms with Crippen LogP contribution in [0.15, 0.2) is 24.3 Å². The Morgan fingerprint density at radius 2 is 1.93 bits per heavy atom.